The number of pyridine rings is 2. The molecular formula is C24H24N4O. The van der Waals surface area contributed by atoms with Crippen molar-refractivity contribution in [3.8, 4) is 5.69 Å². The predicted octanol–water partition coefficient (Wildman–Crippen LogP) is 4.63. The molecule has 5 nitrogen and oxygen atoms in total. The topological polar surface area (TPSA) is 50.2 Å². The number of hydrogen-bond acceptors (Lipinski definition) is 4. The number of allylic oxidation sites excluding steroid dienone is 3. The van der Waals surface area contributed by atoms with Crippen molar-refractivity contribution in [2.45, 2.75) is 25.7 Å². The van der Waals surface area contributed by atoms with Crippen LogP contribution in [0, 0.1) is 0 Å². The molecule has 1 aliphatic carbocycles. The average Bonchev–Trinajstić information content (AvgIpc) is 3.30. The third-order valence-electron chi connectivity index (χ3n) is 5.59. The summed E-state index contributed by atoms with van der Waals surface area (Å²) in [5.74, 6) is 1.71. The Bertz CT molecular complexity index is 1150. The summed E-state index contributed by atoms with van der Waals surface area (Å²) < 4.78 is 2.13. The molecule has 2 aromatic heterocycles. The normalized spacial score (nSPS) is 16.3. The van der Waals surface area contributed by atoms with Crippen molar-refractivity contribution in [2.75, 3.05) is 23.3 Å². The zero-order valence-electron chi connectivity index (χ0n) is 16.3. The lowest BCUT2D eigenvalue weighted by atomic mass is 10.1. The van der Waals surface area contributed by atoms with E-state index in [1.165, 1.54) is 12.8 Å². The van der Waals surface area contributed by atoms with Crippen molar-refractivity contribution >= 4 is 22.5 Å². The maximum absolute atomic E-state index is 12.9. The van der Waals surface area contributed by atoms with Gasteiger partial charge in [-0.25, -0.2) is 4.98 Å². The van der Waals surface area contributed by atoms with Gasteiger partial charge in [-0.15, -0.1) is 0 Å². The first-order valence-electron chi connectivity index (χ1n) is 10.3. The van der Waals surface area contributed by atoms with Crippen LogP contribution in [0.25, 0.3) is 16.6 Å². The highest BCUT2D eigenvalue weighted by atomic mass is 16.1. The Kier molecular flexibility index (Phi) is 4.64. The van der Waals surface area contributed by atoms with Crippen LogP contribution in [0.4, 0.5) is 11.6 Å². The Hall–Kier alpha value is -3.34. The van der Waals surface area contributed by atoms with E-state index in [-0.39, 0.29) is 5.43 Å². The van der Waals surface area contributed by atoms with Crippen LogP contribution in [-0.4, -0.2) is 22.6 Å². The van der Waals surface area contributed by atoms with Crippen LogP contribution < -0.4 is 15.6 Å². The van der Waals surface area contributed by atoms with Gasteiger partial charge in [-0.1, -0.05) is 30.4 Å². The second kappa shape index (κ2) is 7.59. The number of aromatic nitrogens is 2. The minimum Gasteiger partial charge on any atom is -0.357 e. The molecule has 0 saturated carbocycles. The lowest BCUT2D eigenvalue weighted by molar-refractivity contribution is 0.937. The summed E-state index contributed by atoms with van der Waals surface area (Å²) in [4.78, 5) is 19.8. The van der Waals surface area contributed by atoms with Crippen molar-refractivity contribution < 1.29 is 0 Å². The van der Waals surface area contributed by atoms with E-state index in [2.05, 4.69) is 56.2 Å². The van der Waals surface area contributed by atoms with Gasteiger partial charge in [-0.2, -0.15) is 0 Å². The van der Waals surface area contributed by atoms with Crippen LogP contribution in [0.1, 0.15) is 25.7 Å². The summed E-state index contributed by atoms with van der Waals surface area (Å²) >= 11 is 0. The molecule has 5 heteroatoms. The average molecular weight is 384 g/mol. The second-order valence-electron chi connectivity index (χ2n) is 7.58. The van der Waals surface area contributed by atoms with Crippen LogP contribution in [0.2, 0.25) is 0 Å². The molecule has 5 rings (SSSR count). The van der Waals surface area contributed by atoms with Crippen LogP contribution in [0.5, 0.6) is 0 Å². The molecule has 0 bridgehead atoms. The number of nitrogens with one attached hydrogen (secondary N) is 1. The Morgan fingerprint density at radius 3 is 2.59 bits per heavy atom. The van der Waals surface area contributed by atoms with E-state index in [1.807, 2.05) is 18.2 Å². The first kappa shape index (κ1) is 17.7. The largest absolute Gasteiger partial charge is 0.357 e. The SMILES string of the molecule is O=c1cc(NC2=CCCC=C2)n(-c2ccccc2)c2cc(N3CCCC3)ncc12. The minimum atomic E-state index is -0.0180. The zero-order chi connectivity index (χ0) is 19.6. The molecule has 0 spiro atoms. The van der Waals surface area contributed by atoms with E-state index in [1.54, 1.807) is 12.3 Å². The molecule has 3 heterocycles. The van der Waals surface area contributed by atoms with Gasteiger partial charge in [0, 0.05) is 42.8 Å². The minimum absolute atomic E-state index is 0.0180. The molecular weight excluding hydrogens is 360 g/mol. The molecule has 146 valence electrons. The van der Waals surface area contributed by atoms with Gasteiger partial charge in [0.25, 0.3) is 0 Å². The Balaban J connectivity index is 1.73. The highest BCUT2D eigenvalue weighted by Gasteiger charge is 2.17. The molecule has 1 fully saturated rings. The Morgan fingerprint density at radius 1 is 1.00 bits per heavy atom. The van der Waals surface area contributed by atoms with Crippen LogP contribution in [0.15, 0.2) is 77.4 Å². The number of fused-ring (bicyclic) bond motifs is 1. The van der Waals surface area contributed by atoms with E-state index >= 15 is 0 Å². The summed E-state index contributed by atoms with van der Waals surface area (Å²) in [5.41, 5.74) is 2.89. The molecule has 0 radical (unpaired) electrons. The van der Waals surface area contributed by atoms with Crippen molar-refractivity contribution in [1.29, 1.82) is 0 Å². The van der Waals surface area contributed by atoms with Gasteiger partial charge in [0.2, 0.25) is 0 Å². The Labute approximate surface area is 170 Å². The molecule has 2 aliphatic rings. The van der Waals surface area contributed by atoms with E-state index in [0.717, 1.165) is 54.5 Å². The number of rotatable bonds is 4. The van der Waals surface area contributed by atoms with Crippen LogP contribution in [-0.2, 0) is 0 Å². The van der Waals surface area contributed by atoms with Crippen molar-refractivity contribution in [3.05, 3.63) is 82.8 Å². The number of anilines is 2. The van der Waals surface area contributed by atoms with Crippen molar-refractivity contribution in [3.63, 3.8) is 0 Å². The molecule has 29 heavy (non-hydrogen) atoms. The highest BCUT2D eigenvalue weighted by molar-refractivity contribution is 5.85. The summed E-state index contributed by atoms with van der Waals surface area (Å²) in [7, 11) is 0. The predicted molar refractivity (Wildman–Crippen MR) is 119 cm³/mol. The van der Waals surface area contributed by atoms with Gasteiger partial charge in [0.1, 0.15) is 11.6 Å². The summed E-state index contributed by atoms with van der Waals surface area (Å²) in [6.45, 7) is 2.04. The van der Waals surface area contributed by atoms with Crippen LogP contribution in [0.3, 0.4) is 0 Å². The van der Waals surface area contributed by atoms with Crippen molar-refractivity contribution in [2.24, 2.45) is 0 Å². The molecule has 0 unspecified atom stereocenters. The first-order valence-corrected chi connectivity index (χ1v) is 10.3. The van der Waals surface area contributed by atoms with Gasteiger partial charge in [-0.05, 0) is 43.9 Å². The van der Waals surface area contributed by atoms with E-state index in [4.69, 9.17) is 0 Å². The number of nitrogens with zero attached hydrogens (tertiary/aromatic N) is 3. The molecule has 1 aromatic carbocycles. The van der Waals surface area contributed by atoms with E-state index in [9.17, 15) is 4.79 Å². The number of benzene rings is 1. The van der Waals surface area contributed by atoms with Gasteiger partial charge >= 0.3 is 0 Å². The monoisotopic (exact) mass is 384 g/mol. The lowest BCUT2D eigenvalue weighted by Gasteiger charge is -2.21. The number of para-hydroxylation sites is 1. The molecule has 1 N–H and O–H groups in total. The fourth-order valence-electron chi connectivity index (χ4n) is 4.13. The summed E-state index contributed by atoms with van der Waals surface area (Å²) in [6.07, 6.45) is 12.6. The fraction of sp³-hybridized carbons (Fsp3) is 0.250. The molecule has 1 saturated heterocycles. The third-order valence-corrected chi connectivity index (χ3v) is 5.59. The van der Waals surface area contributed by atoms with E-state index in [0.29, 0.717) is 5.39 Å². The molecule has 0 atom stereocenters. The number of hydrogen-bond donors (Lipinski definition) is 1. The summed E-state index contributed by atoms with van der Waals surface area (Å²) in [5, 5.41) is 4.11. The third kappa shape index (κ3) is 3.44. The van der Waals surface area contributed by atoms with Gasteiger partial charge < -0.3 is 10.2 Å². The first-order chi connectivity index (χ1) is 14.3. The molecule has 1 aliphatic heterocycles. The highest BCUT2D eigenvalue weighted by Crippen LogP contribution is 2.27. The van der Waals surface area contributed by atoms with Gasteiger partial charge in [0.05, 0.1) is 10.9 Å². The second-order valence-corrected chi connectivity index (χ2v) is 7.58. The fourth-order valence-corrected chi connectivity index (χ4v) is 4.13. The maximum Gasteiger partial charge on any atom is 0.193 e. The van der Waals surface area contributed by atoms with Crippen molar-refractivity contribution in [1.82, 2.24) is 9.55 Å². The summed E-state index contributed by atoms with van der Waals surface area (Å²) in [6, 6.07) is 13.9. The maximum atomic E-state index is 12.9. The van der Waals surface area contributed by atoms with Crippen LogP contribution >= 0.6 is 0 Å². The van der Waals surface area contributed by atoms with Gasteiger partial charge in [-0.3, -0.25) is 9.36 Å². The quantitative estimate of drug-likeness (QED) is 0.712. The van der Waals surface area contributed by atoms with E-state index < -0.39 is 0 Å². The zero-order valence-corrected chi connectivity index (χ0v) is 16.3. The Morgan fingerprint density at radius 2 is 1.83 bits per heavy atom. The smallest absolute Gasteiger partial charge is 0.193 e. The standard InChI is InChI=1S/C24H24N4O/c29-22-16-24(26-18-9-3-1-4-10-18)28(19-11-5-2-6-12-19)21-15-23(25-17-20(21)22)27-13-7-8-14-27/h2-3,5-6,9-12,15-17,26H,1,4,7-8,13-14H2. The lowest BCUT2D eigenvalue weighted by Crippen LogP contribution is -2.20. The molecule has 3 aromatic rings. The van der Waals surface area contributed by atoms with Gasteiger partial charge in [0.15, 0.2) is 5.43 Å². The molecule has 0 amide bonds.